The van der Waals surface area contributed by atoms with Gasteiger partial charge in [-0.1, -0.05) is 42.2 Å². The fourth-order valence-electron chi connectivity index (χ4n) is 2.50. The van der Waals surface area contributed by atoms with E-state index in [1.165, 1.54) is 28.7 Å². The number of carbonyl (C=O) groups is 1. The van der Waals surface area contributed by atoms with Crippen LogP contribution in [0.5, 0.6) is 11.5 Å². The molecule has 1 aromatic heterocycles. The number of ketones is 1. The quantitative estimate of drug-likeness (QED) is 0.396. The molecule has 0 amide bonds. The van der Waals surface area contributed by atoms with E-state index >= 15 is 0 Å². The highest BCUT2D eigenvalue weighted by Crippen LogP contribution is 2.30. The lowest BCUT2D eigenvalue weighted by Crippen LogP contribution is -2.05. The van der Waals surface area contributed by atoms with Gasteiger partial charge >= 0.3 is 0 Å². The Balaban J connectivity index is 1.61. The predicted molar refractivity (Wildman–Crippen MR) is 114 cm³/mol. The second-order valence-electron chi connectivity index (χ2n) is 5.83. The summed E-state index contributed by atoms with van der Waals surface area (Å²) < 4.78 is 11.2. The van der Waals surface area contributed by atoms with Crippen LogP contribution in [-0.4, -0.2) is 36.0 Å². The topological polar surface area (TPSA) is 73.3 Å². The molecule has 0 saturated carbocycles. The summed E-state index contributed by atoms with van der Waals surface area (Å²) in [5.41, 5.74) is 2.74. The highest BCUT2D eigenvalue weighted by molar-refractivity contribution is 8.01. The number of aryl methyl sites for hydroxylation is 1. The Labute approximate surface area is 172 Å². The van der Waals surface area contributed by atoms with E-state index in [1.807, 2.05) is 12.1 Å². The molecule has 0 saturated heterocycles. The highest BCUT2D eigenvalue weighted by atomic mass is 32.2. The predicted octanol–water partition coefficient (Wildman–Crippen LogP) is 4.84. The third-order valence-electron chi connectivity index (χ3n) is 4.05. The van der Waals surface area contributed by atoms with E-state index in [2.05, 4.69) is 34.6 Å². The van der Waals surface area contributed by atoms with E-state index in [9.17, 15) is 4.79 Å². The second-order valence-corrected chi connectivity index (χ2v) is 8.03. The standard InChI is InChI=1S/C20H21N3O3S2/c1-4-13-5-7-14(8-6-13)21-19-22-23-20(28-19)27-12-17(24)16-11-15(25-2)9-10-18(16)26-3/h5-11H,4,12H2,1-3H3,(H,21,22). The molecular weight excluding hydrogens is 394 g/mol. The van der Waals surface area contributed by atoms with E-state index in [-0.39, 0.29) is 11.5 Å². The van der Waals surface area contributed by atoms with Gasteiger partial charge in [-0.25, -0.2) is 0 Å². The van der Waals surface area contributed by atoms with Gasteiger partial charge in [0.2, 0.25) is 5.13 Å². The summed E-state index contributed by atoms with van der Waals surface area (Å²) in [7, 11) is 3.11. The lowest BCUT2D eigenvalue weighted by atomic mass is 10.1. The van der Waals surface area contributed by atoms with Crippen LogP contribution in [0.25, 0.3) is 0 Å². The molecule has 0 unspecified atom stereocenters. The first-order valence-corrected chi connectivity index (χ1v) is 10.5. The summed E-state index contributed by atoms with van der Waals surface area (Å²) in [5, 5.41) is 12.2. The van der Waals surface area contributed by atoms with Crippen LogP contribution < -0.4 is 14.8 Å². The van der Waals surface area contributed by atoms with Gasteiger partial charge in [0.05, 0.1) is 25.5 Å². The number of ether oxygens (including phenoxy) is 2. The van der Waals surface area contributed by atoms with Crippen LogP contribution in [0.15, 0.2) is 46.8 Å². The first-order valence-electron chi connectivity index (χ1n) is 8.70. The van der Waals surface area contributed by atoms with Crippen molar-refractivity contribution in [1.29, 1.82) is 0 Å². The maximum Gasteiger partial charge on any atom is 0.210 e. The number of carbonyl (C=O) groups excluding carboxylic acids is 1. The minimum absolute atomic E-state index is 0.0550. The van der Waals surface area contributed by atoms with Gasteiger partial charge < -0.3 is 14.8 Å². The van der Waals surface area contributed by atoms with E-state index in [1.54, 1.807) is 32.4 Å². The minimum Gasteiger partial charge on any atom is -0.497 e. The van der Waals surface area contributed by atoms with Crippen molar-refractivity contribution in [2.24, 2.45) is 0 Å². The van der Waals surface area contributed by atoms with Gasteiger partial charge in [0, 0.05) is 5.69 Å². The largest absolute Gasteiger partial charge is 0.497 e. The van der Waals surface area contributed by atoms with Crippen molar-refractivity contribution in [3.8, 4) is 11.5 Å². The van der Waals surface area contributed by atoms with Crippen LogP contribution >= 0.6 is 23.1 Å². The number of thioether (sulfide) groups is 1. The molecule has 0 fully saturated rings. The van der Waals surface area contributed by atoms with Crippen LogP contribution in [0, 0.1) is 0 Å². The summed E-state index contributed by atoms with van der Waals surface area (Å²) in [6, 6.07) is 13.4. The van der Waals surface area contributed by atoms with Crippen molar-refractivity contribution in [3.05, 3.63) is 53.6 Å². The first kappa shape index (κ1) is 20.2. The molecule has 1 N–H and O–H groups in total. The molecule has 0 aliphatic heterocycles. The Kier molecular flexibility index (Phi) is 6.89. The van der Waals surface area contributed by atoms with Gasteiger partial charge in [-0.15, -0.1) is 10.2 Å². The lowest BCUT2D eigenvalue weighted by Gasteiger charge is -2.09. The molecule has 146 valence electrons. The summed E-state index contributed by atoms with van der Waals surface area (Å²) in [6.45, 7) is 2.12. The van der Waals surface area contributed by atoms with E-state index in [0.29, 0.717) is 22.2 Å². The molecule has 0 aliphatic rings. The number of hydrogen-bond acceptors (Lipinski definition) is 8. The summed E-state index contributed by atoms with van der Waals surface area (Å²) in [6.07, 6.45) is 1.01. The molecule has 3 aromatic rings. The highest BCUT2D eigenvalue weighted by Gasteiger charge is 2.15. The molecule has 1 heterocycles. The first-order chi connectivity index (χ1) is 13.6. The molecular formula is C20H21N3O3S2. The number of benzene rings is 2. The minimum atomic E-state index is -0.0550. The van der Waals surface area contributed by atoms with E-state index in [0.717, 1.165) is 16.4 Å². The number of hydrogen-bond donors (Lipinski definition) is 1. The zero-order valence-corrected chi connectivity index (χ0v) is 17.5. The number of methoxy groups -OCH3 is 2. The zero-order valence-electron chi connectivity index (χ0n) is 15.9. The fraction of sp³-hybridized carbons (Fsp3) is 0.250. The molecule has 6 nitrogen and oxygen atoms in total. The number of nitrogens with one attached hydrogen (secondary N) is 1. The number of anilines is 2. The van der Waals surface area contributed by atoms with Crippen LogP contribution in [0.1, 0.15) is 22.8 Å². The molecule has 8 heteroatoms. The van der Waals surface area contributed by atoms with Crippen molar-refractivity contribution < 1.29 is 14.3 Å². The van der Waals surface area contributed by atoms with Crippen molar-refractivity contribution in [2.75, 3.05) is 25.3 Å². The number of nitrogens with zero attached hydrogens (tertiary/aromatic N) is 2. The molecule has 0 aliphatic carbocycles. The molecule has 0 atom stereocenters. The average molecular weight is 416 g/mol. The summed E-state index contributed by atoms with van der Waals surface area (Å²) in [4.78, 5) is 12.6. The summed E-state index contributed by atoms with van der Waals surface area (Å²) in [5.74, 6) is 1.33. The molecule has 3 rings (SSSR count). The fourth-order valence-corrected chi connectivity index (χ4v) is 4.16. The van der Waals surface area contributed by atoms with Crippen LogP contribution in [0.2, 0.25) is 0 Å². The smallest absolute Gasteiger partial charge is 0.210 e. The number of aromatic nitrogens is 2. The molecule has 0 spiro atoms. The van der Waals surface area contributed by atoms with Crippen LogP contribution in [0.3, 0.4) is 0 Å². The Bertz CT molecular complexity index is 942. The van der Waals surface area contributed by atoms with Crippen molar-refractivity contribution in [1.82, 2.24) is 10.2 Å². The Morgan fingerprint density at radius 2 is 1.89 bits per heavy atom. The third kappa shape index (κ3) is 5.02. The number of rotatable bonds is 9. The Morgan fingerprint density at radius 3 is 2.57 bits per heavy atom. The molecule has 0 radical (unpaired) electrons. The van der Waals surface area contributed by atoms with Gasteiger partial charge in [0.25, 0.3) is 0 Å². The monoisotopic (exact) mass is 415 g/mol. The third-order valence-corrected chi connectivity index (χ3v) is 6.03. The Morgan fingerprint density at radius 1 is 1.11 bits per heavy atom. The summed E-state index contributed by atoms with van der Waals surface area (Å²) >= 11 is 2.77. The van der Waals surface area contributed by atoms with E-state index < -0.39 is 0 Å². The van der Waals surface area contributed by atoms with Gasteiger partial charge in [-0.3, -0.25) is 4.79 Å². The normalized spacial score (nSPS) is 10.5. The van der Waals surface area contributed by atoms with Crippen molar-refractivity contribution in [2.45, 2.75) is 17.7 Å². The maximum atomic E-state index is 12.6. The van der Waals surface area contributed by atoms with Gasteiger partial charge in [-0.05, 0) is 42.3 Å². The van der Waals surface area contributed by atoms with Crippen molar-refractivity contribution in [3.63, 3.8) is 0 Å². The average Bonchev–Trinajstić information content (AvgIpc) is 3.19. The Hall–Kier alpha value is -2.58. The molecule has 2 aromatic carbocycles. The van der Waals surface area contributed by atoms with Crippen LogP contribution in [-0.2, 0) is 6.42 Å². The maximum absolute atomic E-state index is 12.6. The molecule has 28 heavy (non-hydrogen) atoms. The molecule has 0 bridgehead atoms. The number of Topliss-reactive ketones (excluding diaryl/α,β-unsaturated/α-hetero) is 1. The lowest BCUT2D eigenvalue weighted by molar-refractivity contribution is 0.101. The van der Waals surface area contributed by atoms with E-state index in [4.69, 9.17) is 9.47 Å². The zero-order chi connectivity index (χ0) is 19.9. The van der Waals surface area contributed by atoms with Gasteiger partial charge in [0.1, 0.15) is 11.5 Å². The second kappa shape index (κ2) is 9.57. The van der Waals surface area contributed by atoms with Gasteiger partial charge in [0.15, 0.2) is 10.1 Å². The van der Waals surface area contributed by atoms with Crippen molar-refractivity contribution >= 4 is 39.7 Å². The van der Waals surface area contributed by atoms with Gasteiger partial charge in [-0.2, -0.15) is 0 Å². The van der Waals surface area contributed by atoms with Crippen LogP contribution in [0.4, 0.5) is 10.8 Å². The SMILES string of the molecule is CCc1ccc(Nc2nnc(SCC(=O)c3cc(OC)ccc3OC)s2)cc1.